The molecular formula is C28H31NO7. The number of ketones is 1. The number of carbonyl (C=O) groups excluding carboxylic acids is 2. The van der Waals surface area contributed by atoms with Gasteiger partial charge >= 0.3 is 5.97 Å². The number of carbonyl (C=O) groups is 2. The number of allylic oxidation sites excluding steroid dienone is 3. The summed E-state index contributed by atoms with van der Waals surface area (Å²) in [7, 11) is 7.54. The van der Waals surface area contributed by atoms with Gasteiger partial charge in [-0.2, -0.15) is 0 Å². The number of ether oxygens (including phenoxy) is 5. The summed E-state index contributed by atoms with van der Waals surface area (Å²) in [5.41, 5.74) is 3.98. The Morgan fingerprint density at radius 3 is 2.11 bits per heavy atom. The van der Waals surface area contributed by atoms with Crippen LogP contribution < -0.4 is 24.3 Å². The Kier molecular flexibility index (Phi) is 7.24. The smallest absolute Gasteiger partial charge is 0.336 e. The minimum atomic E-state index is -0.659. The van der Waals surface area contributed by atoms with Crippen LogP contribution in [-0.2, 0) is 14.3 Å². The molecule has 1 N–H and O–H groups in total. The zero-order valence-corrected chi connectivity index (χ0v) is 21.4. The van der Waals surface area contributed by atoms with Crippen LogP contribution in [0.3, 0.4) is 0 Å². The van der Waals surface area contributed by atoms with Crippen LogP contribution >= 0.6 is 0 Å². The summed E-state index contributed by atoms with van der Waals surface area (Å²) < 4.78 is 27.3. The number of benzene rings is 2. The highest BCUT2D eigenvalue weighted by Gasteiger charge is 2.42. The lowest BCUT2D eigenvalue weighted by Crippen LogP contribution is -2.36. The molecule has 0 unspecified atom stereocenters. The standard InChI is InChI=1S/C28H31NO7/c1-15-24(28(31)36-6)25(17-13-22(33-3)27(35-5)23(14-17)34-4)26-19(29-15)11-16(12-20(26)30)18-9-7-8-10-21(18)32-2/h7-10,13-14,16,25,29H,11-12H2,1-6H3/t16-,25-/m0/s1. The largest absolute Gasteiger partial charge is 0.496 e. The molecule has 1 aliphatic carbocycles. The molecule has 190 valence electrons. The molecule has 0 amide bonds. The van der Waals surface area contributed by atoms with E-state index >= 15 is 0 Å². The van der Waals surface area contributed by atoms with Gasteiger partial charge in [0.05, 0.1) is 41.1 Å². The van der Waals surface area contributed by atoms with E-state index in [9.17, 15) is 9.59 Å². The first kappa shape index (κ1) is 25.2. The fraction of sp³-hybridized carbons (Fsp3) is 0.357. The molecular weight excluding hydrogens is 462 g/mol. The Morgan fingerprint density at radius 1 is 0.889 bits per heavy atom. The highest BCUT2D eigenvalue weighted by molar-refractivity contribution is 6.04. The van der Waals surface area contributed by atoms with E-state index in [1.54, 1.807) is 19.2 Å². The summed E-state index contributed by atoms with van der Waals surface area (Å²) in [6, 6.07) is 11.3. The predicted molar refractivity (Wildman–Crippen MR) is 134 cm³/mol. The van der Waals surface area contributed by atoms with E-state index in [1.807, 2.05) is 31.2 Å². The van der Waals surface area contributed by atoms with Crippen LogP contribution in [0, 0.1) is 0 Å². The molecule has 8 heteroatoms. The fourth-order valence-electron chi connectivity index (χ4n) is 5.24. The molecule has 1 heterocycles. The maximum absolute atomic E-state index is 13.8. The second-order valence-corrected chi connectivity index (χ2v) is 8.71. The number of methoxy groups -OCH3 is 5. The third kappa shape index (κ3) is 4.27. The molecule has 0 aromatic heterocycles. The number of hydrogen-bond acceptors (Lipinski definition) is 8. The molecule has 0 saturated carbocycles. The summed E-state index contributed by atoms with van der Waals surface area (Å²) in [5, 5.41) is 3.34. The first-order valence-corrected chi connectivity index (χ1v) is 11.6. The number of hydrogen-bond donors (Lipinski definition) is 1. The average Bonchev–Trinajstić information content (AvgIpc) is 2.90. The van der Waals surface area contributed by atoms with Crippen LogP contribution in [0.2, 0.25) is 0 Å². The van der Waals surface area contributed by atoms with E-state index < -0.39 is 11.9 Å². The predicted octanol–water partition coefficient (Wildman–Crippen LogP) is 4.26. The Balaban J connectivity index is 1.89. The lowest BCUT2D eigenvalue weighted by atomic mass is 9.71. The van der Waals surface area contributed by atoms with Crippen molar-refractivity contribution in [3.05, 3.63) is 70.1 Å². The number of nitrogens with one attached hydrogen (secondary N) is 1. The molecule has 0 radical (unpaired) electrons. The van der Waals surface area contributed by atoms with E-state index in [0.717, 1.165) is 17.0 Å². The van der Waals surface area contributed by atoms with E-state index in [0.29, 0.717) is 46.1 Å². The highest BCUT2D eigenvalue weighted by atomic mass is 16.5. The van der Waals surface area contributed by atoms with Gasteiger partial charge in [-0.15, -0.1) is 0 Å². The van der Waals surface area contributed by atoms with Crippen molar-refractivity contribution in [1.82, 2.24) is 5.32 Å². The Morgan fingerprint density at radius 2 is 1.53 bits per heavy atom. The number of Topliss-reactive ketones (excluding diaryl/α,β-unsaturated/α-hetero) is 1. The summed E-state index contributed by atoms with van der Waals surface area (Å²) in [6.07, 6.45) is 0.878. The molecule has 2 aromatic rings. The monoisotopic (exact) mass is 493 g/mol. The number of dihydropyridines is 1. The van der Waals surface area contributed by atoms with Gasteiger partial charge in [-0.1, -0.05) is 18.2 Å². The maximum atomic E-state index is 13.8. The van der Waals surface area contributed by atoms with Crippen molar-refractivity contribution in [2.24, 2.45) is 0 Å². The van der Waals surface area contributed by atoms with Crippen molar-refractivity contribution in [3.63, 3.8) is 0 Å². The van der Waals surface area contributed by atoms with Crippen molar-refractivity contribution in [1.29, 1.82) is 0 Å². The molecule has 2 aliphatic rings. The molecule has 0 bridgehead atoms. The zero-order chi connectivity index (χ0) is 26.0. The molecule has 2 atom stereocenters. The maximum Gasteiger partial charge on any atom is 0.336 e. The number of para-hydroxylation sites is 1. The lowest BCUT2D eigenvalue weighted by Gasteiger charge is -2.37. The van der Waals surface area contributed by atoms with Crippen LogP contribution in [0.15, 0.2) is 58.9 Å². The topological polar surface area (TPSA) is 92.3 Å². The number of esters is 1. The lowest BCUT2D eigenvalue weighted by molar-refractivity contribution is -0.136. The van der Waals surface area contributed by atoms with Crippen LogP contribution in [0.25, 0.3) is 0 Å². The summed E-state index contributed by atoms with van der Waals surface area (Å²) >= 11 is 0. The molecule has 4 rings (SSSR count). The molecule has 0 spiro atoms. The van der Waals surface area contributed by atoms with E-state index in [-0.39, 0.29) is 18.1 Å². The van der Waals surface area contributed by atoms with Gasteiger partial charge in [-0.3, -0.25) is 4.79 Å². The Labute approximate surface area is 210 Å². The minimum Gasteiger partial charge on any atom is -0.496 e. The zero-order valence-electron chi connectivity index (χ0n) is 21.4. The van der Waals surface area contributed by atoms with Gasteiger partial charge in [-0.05, 0) is 42.7 Å². The van der Waals surface area contributed by atoms with Crippen LogP contribution in [0.5, 0.6) is 23.0 Å². The summed E-state index contributed by atoms with van der Waals surface area (Å²) in [6.45, 7) is 1.82. The Bertz CT molecular complexity index is 1240. The van der Waals surface area contributed by atoms with Crippen molar-refractivity contribution >= 4 is 11.8 Å². The van der Waals surface area contributed by atoms with Crippen LogP contribution in [0.1, 0.15) is 42.7 Å². The third-order valence-corrected chi connectivity index (χ3v) is 6.83. The fourth-order valence-corrected chi connectivity index (χ4v) is 5.24. The average molecular weight is 494 g/mol. The normalized spacial score (nSPS) is 19.3. The van der Waals surface area contributed by atoms with E-state index in [1.165, 1.54) is 28.4 Å². The van der Waals surface area contributed by atoms with Gasteiger partial charge in [0.25, 0.3) is 0 Å². The molecule has 0 fully saturated rings. The quantitative estimate of drug-likeness (QED) is 0.572. The van der Waals surface area contributed by atoms with Gasteiger partial charge in [0.15, 0.2) is 17.3 Å². The van der Waals surface area contributed by atoms with Crippen molar-refractivity contribution in [3.8, 4) is 23.0 Å². The van der Waals surface area contributed by atoms with Gasteiger partial charge in [0, 0.05) is 35.2 Å². The summed E-state index contributed by atoms with van der Waals surface area (Å²) in [4.78, 5) is 26.8. The Hall–Kier alpha value is -3.94. The van der Waals surface area contributed by atoms with Crippen LogP contribution in [-0.4, -0.2) is 47.3 Å². The summed E-state index contributed by atoms with van der Waals surface area (Å²) in [5.74, 6) is 0.769. The van der Waals surface area contributed by atoms with Crippen molar-refractivity contribution in [2.45, 2.75) is 31.6 Å². The van der Waals surface area contributed by atoms with Gasteiger partial charge < -0.3 is 29.0 Å². The number of rotatable bonds is 7. The SMILES string of the molecule is COC(=O)C1=C(C)NC2=C(C(=O)C[C@@H](c3ccccc3OC)C2)[C@H]1c1cc(OC)c(OC)c(OC)c1. The van der Waals surface area contributed by atoms with Gasteiger partial charge in [0.1, 0.15) is 5.75 Å². The van der Waals surface area contributed by atoms with Gasteiger partial charge in [0.2, 0.25) is 5.75 Å². The van der Waals surface area contributed by atoms with Crippen molar-refractivity contribution < 1.29 is 33.3 Å². The molecule has 2 aromatic carbocycles. The minimum absolute atomic E-state index is 0.0488. The van der Waals surface area contributed by atoms with Crippen molar-refractivity contribution in [2.75, 3.05) is 35.5 Å². The second kappa shape index (κ2) is 10.4. The molecule has 8 nitrogen and oxygen atoms in total. The van der Waals surface area contributed by atoms with E-state index in [2.05, 4.69) is 5.32 Å². The first-order chi connectivity index (χ1) is 17.4. The van der Waals surface area contributed by atoms with E-state index in [4.69, 9.17) is 23.7 Å². The molecule has 1 aliphatic heterocycles. The second-order valence-electron chi connectivity index (χ2n) is 8.71. The first-order valence-electron chi connectivity index (χ1n) is 11.6. The van der Waals surface area contributed by atoms with Crippen LogP contribution in [0.4, 0.5) is 0 Å². The molecule has 36 heavy (non-hydrogen) atoms. The highest BCUT2D eigenvalue weighted by Crippen LogP contribution is 2.49. The molecule has 0 saturated heterocycles. The third-order valence-electron chi connectivity index (χ3n) is 6.83. The van der Waals surface area contributed by atoms with Gasteiger partial charge in [-0.25, -0.2) is 4.79 Å².